The lowest BCUT2D eigenvalue weighted by Gasteiger charge is -2.36. The summed E-state index contributed by atoms with van der Waals surface area (Å²) in [6.45, 7) is -1.06. The molecule has 13 heteroatoms. The number of alkyl halides is 11. The molecule has 0 spiro atoms. The van der Waals surface area contributed by atoms with E-state index in [0.29, 0.717) is 12.8 Å². The van der Waals surface area contributed by atoms with Crippen LogP contribution in [0.15, 0.2) is 0 Å². The molecule has 0 N–H and O–H groups in total. The van der Waals surface area contributed by atoms with Gasteiger partial charge in [-0.1, -0.05) is 0 Å². The van der Waals surface area contributed by atoms with Gasteiger partial charge in [0, 0.05) is 6.61 Å². The minimum absolute atomic E-state index is 0.243. The van der Waals surface area contributed by atoms with Crippen LogP contribution in [0, 0.1) is 0 Å². The van der Waals surface area contributed by atoms with E-state index >= 15 is 0 Å². The maximum atomic E-state index is 13.1. The first-order valence-electron chi connectivity index (χ1n) is 6.41. The Labute approximate surface area is 127 Å². The fourth-order valence-corrected chi connectivity index (χ4v) is 1.84. The van der Waals surface area contributed by atoms with Crippen molar-refractivity contribution in [2.45, 2.75) is 55.4 Å². The van der Waals surface area contributed by atoms with Crippen molar-refractivity contribution in [3.63, 3.8) is 0 Å². The molecule has 0 aromatic carbocycles. The molecule has 1 saturated heterocycles. The van der Waals surface area contributed by atoms with Crippen LogP contribution in [0.4, 0.5) is 48.3 Å². The van der Waals surface area contributed by atoms with Crippen LogP contribution < -0.4 is 0 Å². The van der Waals surface area contributed by atoms with Crippen LogP contribution in [0.5, 0.6) is 0 Å². The summed E-state index contributed by atoms with van der Waals surface area (Å²) >= 11 is 0. The van der Waals surface area contributed by atoms with Gasteiger partial charge in [-0.05, 0) is 19.3 Å². The minimum Gasteiger partial charge on any atom is -0.378 e. The van der Waals surface area contributed by atoms with Gasteiger partial charge >= 0.3 is 30.1 Å². The molecule has 1 fully saturated rings. The van der Waals surface area contributed by atoms with Crippen molar-refractivity contribution in [1.29, 1.82) is 0 Å². The smallest absolute Gasteiger partial charge is 0.378 e. The highest BCUT2D eigenvalue weighted by molar-refractivity contribution is 5.03. The highest BCUT2D eigenvalue weighted by Crippen LogP contribution is 2.57. The van der Waals surface area contributed by atoms with E-state index in [1.165, 1.54) is 0 Å². The maximum Gasteiger partial charge on any atom is 0.460 e. The van der Waals surface area contributed by atoms with Crippen LogP contribution in [0.2, 0.25) is 0 Å². The average molecular weight is 384 g/mol. The summed E-state index contributed by atoms with van der Waals surface area (Å²) in [5.41, 5.74) is 0. The third-order valence-corrected chi connectivity index (χ3v) is 3.26. The maximum absolute atomic E-state index is 13.1. The zero-order chi connectivity index (χ0) is 19.0. The molecule has 0 radical (unpaired) electrons. The quantitative estimate of drug-likeness (QED) is 0.596. The van der Waals surface area contributed by atoms with Crippen molar-refractivity contribution >= 4 is 0 Å². The van der Waals surface area contributed by atoms with Crippen molar-refractivity contribution in [3.05, 3.63) is 0 Å². The van der Waals surface area contributed by atoms with Gasteiger partial charge in [0.2, 0.25) is 0 Å². The van der Waals surface area contributed by atoms with E-state index in [-0.39, 0.29) is 6.61 Å². The van der Waals surface area contributed by atoms with Gasteiger partial charge in [-0.3, -0.25) is 0 Å². The molecule has 1 atom stereocenters. The molecular formula is C11H11F11O2. The summed E-state index contributed by atoms with van der Waals surface area (Å²) in [7, 11) is 0. The third kappa shape index (κ3) is 3.55. The van der Waals surface area contributed by atoms with Gasteiger partial charge < -0.3 is 9.47 Å². The van der Waals surface area contributed by atoms with Crippen molar-refractivity contribution in [2.75, 3.05) is 13.2 Å². The molecule has 1 unspecified atom stereocenters. The number of halogens is 11. The minimum atomic E-state index is -7.44. The molecule has 0 bridgehead atoms. The van der Waals surface area contributed by atoms with Gasteiger partial charge in [-0.25, -0.2) is 0 Å². The molecule has 0 aromatic heterocycles. The first-order chi connectivity index (χ1) is 10.6. The van der Waals surface area contributed by atoms with Crippen LogP contribution >= 0.6 is 0 Å². The van der Waals surface area contributed by atoms with E-state index in [1.807, 2.05) is 0 Å². The summed E-state index contributed by atoms with van der Waals surface area (Å²) < 4.78 is 147. The Balaban J connectivity index is 2.89. The van der Waals surface area contributed by atoms with Crippen molar-refractivity contribution in [1.82, 2.24) is 0 Å². The molecule has 0 aromatic rings. The molecule has 144 valence electrons. The Morgan fingerprint density at radius 3 is 1.75 bits per heavy atom. The number of rotatable bonds is 7. The van der Waals surface area contributed by atoms with Gasteiger partial charge in [0.05, 0.1) is 12.7 Å². The molecule has 2 nitrogen and oxygen atoms in total. The molecular weight excluding hydrogens is 373 g/mol. The number of ether oxygens (including phenoxy) is 2. The Morgan fingerprint density at radius 1 is 0.792 bits per heavy atom. The van der Waals surface area contributed by atoms with Gasteiger partial charge in [0.25, 0.3) is 0 Å². The molecule has 24 heavy (non-hydrogen) atoms. The third-order valence-electron chi connectivity index (χ3n) is 3.26. The van der Waals surface area contributed by atoms with Crippen LogP contribution in [0.25, 0.3) is 0 Å². The molecule has 0 saturated carbocycles. The topological polar surface area (TPSA) is 18.5 Å². The average Bonchev–Trinajstić information content (AvgIpc) is 2.89. The first-order valence-corrected chi connectivity index (χ1v) is 6.41. The standard InChI is InChI=1S/C11H11F11O2/c12-7(13,8(14,15)10(18,19)20)9(16,17)11(21,22)24-5-3-6-2-1-4-23-6/h6H,1-5H2. The lowest BCUT2D eigenvalue weighted by atomic mass is 10.0. The van der Waals surface area contributed by atoms with Crippen LogP contribution in [-0.4, -0.2) is 49.4 Å². The largest absolute Gasteiger partial charge is 0.460 e. The lowest BCUT2D eigenvalue weighted by molar-refractivity contribution is -0.456. The van der Waals surface area contributed by atoms with Gasteiger partial charge in [0.1, 0.15) is 0 Å². The summed E-state index contributed by atoms with van der Waals surface area (Å²) in [4.78, 5) is 0. The number of hydrogen-bond donors (Lipinski definition) is 0. The van der Waals surface area contributed by atoms with E-state index in [4.69, 9.17) is 4.74 Å². The summed E-state index contributed by atoms with van der Waals surface area (Å²) in [6, 6.07) is 0. The zero-order valence-electron chi connectivity index (χ0n) is 11.6. The SMILES string of the molecule is FC(F)(F)C(F)(F)C(F)(F)C(F)(F)C(F)(F)OCCC1CCCO1. The van der Waals surface area contributed by atoms with Crippen LogP contribution in [0.1, 0.15) is 19.3 Å². The normalized spacial score (nSPS) is 21.4. The van der Waals surface area contributed by atoms with Crippen molar-refractivity contribution < 1.29 is 57.8 Å². The first kappa shape index (κ1) is 21.2. The second kappa shape index (κ2) is 6.46. The molecule has 1 aliphatic rings. The predicted octanol–water partition coefficient (Wildman–Crippen LogP) is 4.63. The summed E-state index contributed by atoms with van der Waals surface area (Å²) in [5.74, 6) is -22.0. The van der Waals surface area contributed by atoms with Gasteiger partial charge in [-0.15, -0.1) is 0 Å². The Bertz CT molecular complexity index is 426. The second-order valence-corrected chi connectivity index (χ2v) is 5.01. The molecule has 0 amide bonds. The monoisotopic (exact) mass is 384 g/mol. The zero-order valence-corrected chi connectivity index (χ0v) is 11.6. The molecule has 1 heterocycles. The summed E-state index contributed by atoms with van der Waals surface area (Å²) in [5, 5.41) is 0. The highest BCUT2D eigenvalue weighted by Gasteiger charge is 2.87. The van der Waals surface area contributed by atoms with E-state index in [9.17, 15) is 48.3 Å². The highest BCUT2D eigenvalue weighted by atomic mass is 19.4. The predicted molar refractivity (Wildman–Crippen MR) is 55.4 cm³/mol. The van der Waals surface area contributed by atoms with Gasteiger partial charge in [0.15, 0.2) is 0 Å². The van der Waals surface area contributed by atoms with Crippen molar-refractivity contribution in [2.24, 2.45) is 0 Å². The molecule has 1 aliphatic heterocycles. The second-order valence-electron chi connectivity index (χ2n) is 5.01. The van der Waals surface area contributed by atoms with E-state index in [0.717, 1.165) is 0 Å². The van der Waals surface area contributed by atoms with E-state index < -0.39 is 49.2 Å². The Kier molecular flexibility index (Phi) is 5.71. The van der Waals surface area contributed by atoms with E-state index in [2.05, 4.69) is 4.74 Å². The molecule has 0 aliphatic carbocycles. The fraction of sp³-hybridized carbons (Fsp3) is 1.00. The van der Waals surface area contributed by atoms with Gasteiger partial charge in [-0.2, -0.15) is 48.3 Å². The summed E-state index contributed by atoms with van der Waals surface area (Å²) in [6.07, 6.45) is -13.7. The van der Waals surface area contributed by atoms with Crippen LogP contribution in [-0.2, 0) is 9.47 Å². The van der Waals surface area contributed by atoms with Crippen molar-refractivity contribution in [3.8, 4) is 0 Å². The van der Waals surface area contributed by atoms with Crippen LogP contribution in [0.3, 0.4) is 0 Å². The van der Waals surface area contributed by atoms with E-state index in [1.54, 1.807) is 0 Å². The molecule has 1 rings (SSSR count). The lowest BCUT2D eigenvalue weighted by Crippen LogP contribution is -2.67. The Hall–Kier alpha value is -0.850. The Morgan fingerprint density at radius 2 is 1.33 bits per heavy atom. The number of hydrogen-bond acceptors (Lipinski definition) is 2. The fourth-order valence-electron chi connectivity index (χ4n) is 1.84.